The number of aliphatic hydroxyl groups excluding tert-OH is 1. The molecule has 0 aliphatic carbocycles. The highest BCUT2D eigenvalue weighted by Gasteiger charge is 2.42. The van der Waals surface area contributed by atoms with Crippen LogP contribution in [-0.2, 0) is 31.6 Å². The van der Waals surface area contributed by atoms with E-state index in [0.717, 1.165) is 10.8 Å². The summed E-state index contributed by atoms with van der Waals surface area (Å²) in [5.74, 6) is 0. The Morgan fingerprint density at radius 2 is 1.79 bits per heavy atom. The van der Waals surface area contributed by atoms with Crippen LogP contribution in [0.3, 0.4) is 0 Å². The van der Waals surface area contributed by atoms with Crippen LogP contribution in [0.2, 0.25) is 0 Å². The topological polar surface area (TPSA) is 244 Å². The molecular formula is C9H14BrN2O14P3. The first-order valence-corrected chi connectivity index (χ1v) is 12.5. The number of hydrogen-bond acceptors (Lipinski definition) is 10. The number of aliphatic hydroxyl groups is 1. The third-order valence-electron chi connectivity index (χ3n) is 3.26. The number of aromatic amines is 1. The average molecular weight is 547 g/mol. The zero-order valence-electron chi connectivity index (χ0n) is 13.8. The smallest absolute Gasteiger partial charge is 0.390 e. The number of H-pyrrole nitrogens is 1. The molecule has 1 saturated heterocycles. The normalized spacial score (nSPS) is 26.8. The quantitative estimate of drug-likeness (QED) is 0.220. The van der Waals surface area contributed by atoms with Gasteiger partial charge in [0, 0.05) is 12.6 Å². The van der Waals surface area contributed by atoms with E-state index < -0.39 is 59.8 Å². The van der Waals surface area contributed by atoms with Crippen LogP contribution in [0.5, 0.6) is 0 Å². The molecule has 0 aromatic carbocycles. The van der Waals surface area contributed by atoms with Crippen LogP contribution in [-0.4, -0.2) is 53.0 Å². The van der Waals surface area contributed by atoms with Crippen LogP contribution in [0.4, 0.5) is 0 Å². The molecule has 20 heteroatoms. The highest BCUT2D eigenvalue weighted by molar-refractivity contribution is 9.10. The summed E-state index contributed by atoms with van der Waals surface area (Å²) in [4.78, 5) is 60.5. The van der Waals surface area contributed by atoms with Crippen molar-refractivity contribution >= 4 is 39.4 Å². The molecule has 2 heterocycles. The molecule has 1 aromatic rings. The Balaban J connectivity index is 2.03. The summed E-state index contributed by atoms with van der Waals surface area (Å²) in [6, 6.07) is 0. The van der Waals surface area contributed by atoms with Gasteiger partial charge in [0.25, 0.3) is 5.56 Å². The fraction of sp³-hybridized carbons (Fsp3) is 0.556. The average Bonchev–Trinajstić information content (AvgIpc) is 2.86. The van der Waals surface area contributed by atoms with Crippen molar-refractivity contribution in [3.63, 3.8) is 0 Å². The van der Waals surface area contributed by atoms with Gasteiger partial charge in [0.05, 0.1) is 17.2 Å². The van der Waals surface area contributed by atoms with Gasteiger partial charge < -0.3 is 29.4 Å². The molecule has 1 aliphatic rings. The summed E-state index contributed by atoms with van der Waals surface area (Å²) in [5, 5.41) is 9.97. The van der Waals surface area contributed by atoms with Crippen LogP contribution in [0.15, 0.2) is 20.3 Å². The maximum absolute atomic E-state index is 11.8. The van der Waals surface area contributed by atoms with Gasteiger partial charge in [-0.1, -0.05) is 0 Å². The maximum atomic E-state index is 11.8. The second-order valence-corrected chi connectivity index (χ2v) is 10.7. The van der Waals surface area contributed by atoms with E-state index in [4.69, 9.17) is 19.4 Å². The Kier molecular flexibility index (Phi) is 7.62. The Hall–Kier alpha value is -0.510. The minimum absolute atomic E-state index is 0.00750. The van der Waals surface area contributed by atoms with E-state index in [0.29, 0.717) is 0 Å². The SMILES string of the molecule is O=c1[nH]c(=O)n([C@H]2C[C@H](O)[C@@H](COP(=O)(O)OP(=O)(O)OP(=O)(O)O)O2)cc1Br. The molecule has 0 spiro atoms. The lowest BCUT2D eigenvalue weighted by Crippen LogP contribution is -2.32. The van der Waals surface area contributed by atoms with E-state index in [1.54, 1.807) is 0 Å². The molecular weight excluding hydrogens is 533 g/mol. The minimum Gasteiger partial charge on any atom is -0.390 e. The molecule has 0 bridgehead atoms. The number of halogens is 1. The van der Waals surface area contributed by atoms with Crippen LogP contribution < -0.4 is 11.2 Å². The third-order valence-corrected chi connectivity index (χ3v) is 7.62. The fourth-order valence-electron chi connectivity index (χ4n) is 2.18. The van der Waals surface area contributed by atoms with E-state index in [9.17, 15) is 33.3 Å². The van der Waals surface area contributed by atoms with Crippen LogP contribution in [0.1, 0.15) is 12.6 Å². The maximum Gasteiger partial charge on any atom is 0.490 e. The van der Waals surface area contributed by atoms with Crippen molar-refractivity contribution in [1.29, 1.82) is 0 Å². The molecule has 1 aliphatic heterocycles. The zero-order valence-corrected chi connectivity index (χ0v) is 18.1. The summed E-state index contributed by atoms with van der Waals surface area (Å²) in [6.07, 6.45) is -2.83. The van der Waals surface area contributed by atoms with Crippen molar-refractivity contribution in [2.45, 2.75) is 24.9 Å². The highest BCUT2D eigenvalue weighted by atomic mass is 79.9. The summed E-state index contributed by atoms with van der Waals surface area (Å²) in [6.45, 7) is -0.888. The number of hydrogen-bond donors (Lipinski definition) is 6. The van der Waals surface area contributed by atoms with E-state index in [2.05, 4.69) is 29.1 Å². The fourth-order valence-corrected chi connectivity index (χ4v) is 5.53. The van der Waals surface area contributed by atoms with Crippen molar-refractivity contribution < 1.29 is 56.3 Å². The minimum atomic E-state index is -5.68. The number of nitrogens with zero attached hydrogens (tertiary/aromatic N) is 1. The van der Waals surface area contributed by atoms with Crippen LogP contribution >= 0.6 is 39.4 Å². The largest absolute Gasteiger partial charge is 0.490 e. The predicted octanol–water partition coefficient (Wildman–Crippen LogP) is -0.709. The van der Waals surface area contributed by atoms with Gasteiger partial charge in [-0.15, -0.1) is 0 Å². The molecule has 0 saturated carbocycles. The van der Waals surface area contributed by atoms with Gasteiger partial charge in [-0.05, 0) is 15.9 Å². The van der Waals surface area contributed by atoms with E-state index in [-0.39, 0.29) is 10.9 Å². The molecule has 1 aromatic heterocycles. The molecule has 2 unspecified atom stereocenters. The molecule has 6 N–H and O–H groups in total. The lowest BCUT2D eigenvalue weighted by atomic mass is 10.2. The van der Waals surface area contributed by atoms with Crippen molar-refractivity contribution in [3.05, 3.63) is 31.5 Å². The van der Waals surface area contributed by atoms with Crippen LogP contribution in [0.25, 0.3) is 0 Å². The number of nitrogens with one attached hydrogen (secondary N) is 1. The van der Waals surface area contributed by atoms with Gasteiger partial charge in [-0.2, -0.15) is 8.62 Å². The molecule has 0 amide bonds. The lowest BCUT2D eigenvalue weighted by Gasteiger charge is -2.19. The van der Waals surface area contributed by atoms with Crippen molar-refractivity contribution in [1.82, 2.24) is 9.55 Å². The zero-order chi connectivity index (χ0) is 22.2. The molecule has 16 nitrogen and oxygen atoms in total. The summed E-state index contributed by atoms with van der Waals surface area (Å²) < 4.78 is 51.2. The number of aromatic nitrogens is 2. The van der Waals surface area contributed by atoms with E-state index in [1.807, 2.05) is 4.98 Å². The Bertz CT molecular complexity index is 1020. The molecule has 0 radical (unpaired) electrons. The van der Waals surface area contributed by atoms with Crippen molar-refractivity contribution in [2.24, 2.45) is 0 Å². The van der Waals surface area contributed by atoms with E-state index >= 15 is 0 Å². The van der Waals surface area contributed by atoms with Gasteiger partial charge in [-0.3, -0.25) is 18.9 Å². The first kappa shape index (κ1) is 24.8. The number of rotatable bonds is 8. The number of phosphoric acid groups is 3. The standard InChI is InChI=1S/C9H14BrN2O14P3/c10-4-2-12(9(15)11-8(4)14)7-1-5(13)6(24-7)3-23-28(19,20)26-29(21,22)25-27(16,17)18/h2,5-7,13H,1,3H2,(H,19,20)(H,21,22)(H,11,14,15)(H2,16,17,18)/t5-,6+,7+/m0/s1. The summed E-state index contributed by atoms with van der Waals surface area (Å²) in [5.41, 5.74) is -1.56. The monoisotopic (exact) mass is 546 g/mol. The van der Waals surface area contributed by atoms with Gasteiger partial charge >= 0.3 is 29.2 Å². The van der Waals surface area contributed by atoms with Gasteiger partial charge in [0.1, 0.15) is 12.3 Å². The molecule has 1 fully saturated rings. The van der Waals surface area contributed by atoms with Crippen LogP contribution in [0, 0.1) is 0 Å². The molecule has 166 valence electrons. The number of phosphoric ester groups is 1. The lowest BCUT2D eigenvalue weighted by molar-refractivity contribution is -0.0450. The Morgan fingerprint density at radius 3 is 2.38 bits per heavy atom. The third kappa shape index (κ3) is 7.29. The second-order valence-electron chi connectivity index (χ2n) is 5.46. The van der Waals surface area contributed by atoms with Gasteiger partial charge in [0.2, 0.25) is 0 Å². The summed E-state index contributed by atoms with van der Waals surface area (Å²) >= 11 is 2.91. The number of ether oxygens (including phenoxy) is 1. The summed E-state index contributed by atoms with van der Waals surface area (Å²) in [7, 11) is -16.6. The van der Waals surface area contributed by atoms with Gasteiger partial charge in [-0.25, -0.2) is 18.5 Å². The van der Waals surface area contributed by atoms with Crippen molar-refractivity contribution in [2.75, 3.05) is 6.61 Å². The first-order valence-electron chi connectivity index (χ1n) is 7.21. The molecule has 2 rings (SSSR count). The van der Waals surface area contributed by atoms with E-state index in [1.165, 1.54) is 0 Å². The van der Waals surface area contributed by atoms with Crippen molar-refractivity contribution in [3.8, 4) is 0 Å². The second kappa shape index (κ2) is 8.93. The predicted molar refractivity (Wildman–Crippen MR) is 93.4 cm³/mol. The highest BCUT2D eigenvalue weighted by Crippen LogP contribution is 2.66. The first-order chi connectivity index (χ1) is 13.1. The van der Waals surface area contributed by atoms with Gasteiger partial charge in [0.15, 0.2) is 0 Å². The Labute approximate surface area is 168 Å². The molecule has 29 heavy (non-hydrogen) atoms. The Morgan fingerprint density at radius 1 is 1.17 bits per heavy atom. The molecule has 5 atom stereocenters.